The Morgan fingerprint density at radius 1 is 1.27 bits per heavy atom. The molecule has 1 aromatic carbocycles. The number of hydrogen-bond acceptors (Lipinski definition) is 6. The molecule has 0 aliphatic rings. The van der Waals surface area contributed by atoms with Gasteiger partial charge in [0.25, 0.3) is 0 Å². The van der Waals surface area contributed by atoms with Crippen LogP contribution in [0.1, 0.15) is 32.3 Å². The van der Waals surface area contributed by atoms with Crippen LogP contribution in [0, 0.1) is 0 Å². The summed E-state index contributed by atoms with van der Waals surface area (Å²) < 4.78 is 38.0. The smallest absolute Gasteiger partial charge is 0.312 e. The highest BCUT2D eigenvalue weighted by molar-refractivity contribution is 5.70. The predicted octanol–water partition coefficient (Wildman–Crippen LogP) is 3.18. The van der Waals surface area contributed by atoms with Crippen molar-refractivity contribution in [1.29, 1.82) is 0 Å². The number of halogens is 3. The molecule has 0 atom stereocenters. The van der Waals surface area contributed by atoms with Gasteiger partial charge in [-0.3, -0.25) is 4.89 Å². The second-order valence-electron chi connectivity index (χ2n) is 4.17. The van der Waals surface area contributed by atoms with E-state index in [9.17, 15) is 22.8 Å². The van der Waals surface area contributed by atoms with Gasteiger partial charge in [-0.2, -0.15) is 13.2 Å². The first-order valence-electron chi connectivity index (χ1n) is 6.27. The SMILES string of the molecule is CCCC(=O)ON(OOC(C)=O)c1cccc(C(F)(F)F)c1. The normalized spacial score (nSPS) is 11.0. The molecule has 0 spiro atoms. The largest absolute Gasteiger partial charge is 0.416 e. The monoisotopic (exact) mass is 321 g/mol. The third-order valence-corrected chi connectivity index (χ3v) is 2.25. The third-order valence-electron chi connectivity index (χ3n) is 2.25. The summed E-state index contributed by atoms with van der Waals surface area (Å²) in [5.41, 5.74) is -1.24. The van der Waals surface area contributed by atoms with Crippen molar-refractivity contribution in [1.82, 2.24) is 0 Å². The van der Waals surface area contributed by atoms with Crippen LogP contribution in [0.25, 0.3) is 0 Å². The molecule has 0 aliphatic carbocycles. The van der Waals surface area contributed by atoms with Crippen molar-refractivity contribution in [2.24, 2.45) is 0 Å². The minimum Gasteiger partial charge on any atom is -0.312 e. The Hall–Kier alpha value is -2.29. The second-order valence-corrected chi connectivity index (χ2v) is 4.17. The van der Waals surface area contributed by atoms with Crippen LogP contribution >= 0.6 is 0 Å². The van der Waals surface area contributed by atoms with Crippen molar-refractivity contribution in [2.75, 3.05) is 5.23 Å². The van der Waals surface area contributed by atoms with Gasteiger partial charge in [-0.15, -0.1) is 0 Å². The number of carbonyl (C=O) groups is 2. The zero-order valence-corrected chi connectivity index (χ0v) is 11.8. The lowest BCUT2D eigenvalue weighted by atomic mass is 10.2. The molecule has 0 aromatic heterocycles. The summed E-state index contributed by atoms with van der Waals surface area (Å²) in [6.07, 6.45) is -4.11. The first-order chi connectivity index (χ1) is 10.2. The van der Waals surface area contributed by atoms with E-state index in [1.165, 1.54) is 6.07 Å². The zero-order chi connectivity index (χ0) is 16.8. The molecule has 0 fully saturated rings. The molecule has 0 heterocycles. The molecule has 9 heteroatoms. The summed E-state index contributed by atoms with van der Waals surface area (Å²) in [5, 5.41) is 0.314. The Balaban J connectivity index is 2.98. The van der Waals surface area contributed by atoms with Gasteiger partial charge in [0.1, 0.15) is 5.69 Å². The van der Waals surface area contributed by atoms with Gasteiger partial charge < -0.3 is 4.84 Å². The Morgan fingerprint density at radius 3 is 2.50 bits per heavy atom. The molecular formula is C13H14F3NO5. The van der Waals surface area contributed by atoms with E-state index in [1.807, 2.05) is 0 Å². The van der Waals surface area contributed by atoms with E-state index in [1.54, 1.807) is 6.92 Å². The van der Waals surface area contributed by atoms with Gasteiger partial charge in [0.15, 0.2) is 0 Å². The number of benzene rings is 1. The molecule has 0 aliphatic heterocycles. The van der Waals surface area contributed by atoms with Crippen molar-refractivity contribution in [3.05, 3.63) is 29.8 Å². The van der Waals surface area contributed by atoms with Gasteiger partial charge in [0.05, 0.1) is 5.56 Å². The lowest BCUT2D eigenvalue weighted by Gasteiger charge is -2.20. The molecule has 0 saturated heterocycles. The zero-order valence-electron chi connectivity index (χ0n) is 11.8. The average molecular weight is 321 g/mol. The van der Waals surface area contributed by atoms with E-state index in [-0.39, 0.29) is 12.1 Å². The maximum atomic E-state index is 12.7. The number of anilines is 1. The van der Waals surface area contributed by atoms with E-state index in [4.69, 9.17) is 4.84 Å². The molecule has 0 bridgehead atoms. The molecular weight excluding hydrogens is 307 g/mol. The third kappa shape index (κ3) is 5.60. The number of nitrogens with zero attached hydrogens (tertiary/aromatic N) is 1. The van der Waals surface area contributed by atoms with E-state index in [0.29, 0.717) is 17.7 Å². The lowest BCUT2D eigenvalue weighted by Crippen LogP contribution is -2.28. The van der Waals surface area contributed by atoms with Crippen molar-refractivity contribution in [2.45, 2.75) is 32.9 Å². The van der Waals surface area contributed by atoms with Gasteiger partial charge in [-0.1, -0.05) is 13.0 Å². The summed E-state index contributed by atoms with van der Waals surface area (Å²) in [6.45, 7) is 2.72. The average Bonchev–Trinajstić information content (AvgIpc) is 2.42. The summed E-state index contributed by atoms with van der Waals surface area (Å²) in [4.78, 5) is 35.5. The first-order valence-corrected chi connectivity index (χ1v) is 6.27. The van der Waals surface area contributed by atoms with Gasteiger partial charge in [-0.05, 0) is 34.8 Å². The summed E-state index contributed by atoms with van der Waals surface area (Å²) in [5.74, 6) is -1.63. The minimum absolute atomic E-state index is 0.0128. The number of carbonyl (C=O) groups excluding carboxylic acids is 2. The van der Waals surface area contributed by atoms with Gasteiger partial charge >= 0.3 is 18.1 Å². The summed E-state index contributed by atoms with van der Waals surface area (Å²) in [7, 11) is 0. The highest BCUT2D eigenvalue weighted by atomic mass is 19.4. The molecule has 122 valence electrons. The first kappa shape index (κ1) is 17.8. The molecule has 0 N–H and O–H groups in total. The minimum atomic E-state index is -4.59. The van der Waals surface area contributed by atoms with Crippen LogP contribution in [-0.4, -0.2) is 11.9 Å². The van der Waals surface area contributed by atoms with E-state index in [0.717, 1.165) is 19.1 Å². The quantitative estimate of drug-likeness (QED) is 0.592. The van der Waals surface area contributed by atoms with Crippen LogP contribution in [0.4, 0.5) is 18.9 Å². The van der Waals surface area contributed by atoms with Crippen molar-refractivity contribution in [3.63, 3.8) is 0 Å². The highest BCUT2D eigenvalue weighted by Crippen LogP contribution is 2.31. The summed E-state index contributed by atoms with van der Waals surface area (Å²) in [6, 6.07) is 3.80. The van der Waals surface area contributed by atoms with Crippen LogP contribution in [0.2, 0.25) is 0 Å². The maximum absolute atomic E-state index is 12.7. The fraction of sp³-hybridized carbons (Fsp3) is 0.385. The Morgan fingerprint density at radius 2 is 1.95 bits per heavy atom. The Bertz CT molecular complexity index is 533. The highest BCUT2D eigenvalue weighted by Gasteiger charge is 2.31. The molecule has 6 nitrogen and oxygen atoms in total. The predicted molar refractivity (Wildman–Crippen MR) is 67.8 cm³/mol. The lowest BCUT2D eigenvalue weighted by molar-refractivity contribution is -0.319. The fourth-order valence-corrected chi connectivity index (χ4v) is 1.34. The number of alkyl halides is 3. The molecule has 0 radical (unpaired) electrons. The van der Waals surface area contributed by atoms with Gasteiger partial charge in [0.2, 0.25) is 0 Å². The number of hydrogen-bond donors (Lipinski definition) is 0. The Labute approximate surface area is 124 Å². The molecule has 0 amide bonds. The topological polar surface area (TPSA) is 65.1 Å². The molecule has 1 aromatic rings. The number of rotatable bonds is 6. The van der Waals surface area contributed by atoms with Crippen LogP contribution in [0.5, 0.6) is 0 Å². The van der Waals surface area contributed by atoms with E-state index in [2.05, 4.69) is 9.88 Å². The molecule has 1 rings (SSSR count). The second kappa shape index (κ2) is 7.64. The van der Waals surface area contributed by atoms with Crippen molar-refractivity contribution < 1.29 is 37.5 Å². The standard InChI is InChI=1S/C13H14F3NO5/c1-3-5-12(19)20-17(22-21-9(2)18)11-7-4-6-10(8-11)13(14,15)16/h4,6-8H,3,5H2,1-2H3. The maximum Gasteiger partial charge on any atom is 0.416 e. The van der Waals surface area contributed by atoms with Gasteiger partial charge in [-0.25, -0.2) is 9.59 Å². The van der Waals surface area contributed by atoms with E-state index < -0.39 is 23.7 Å². The summed E-state index contributed by atoms with van der Waals surface area (Å²) >= 11 is 0. The molecule has 0 unspecified atom stereocenters. The van der Waals surface area contributed by atoms with Crippen LogP contribution in [-0.2, 0) is 30.5 Å². The Kier molecular flexibility index (Phi) is 6.17. The van der Waals surface area contributed by atoms with Crippen molar-refractivity contribution >= 4 is 17.6 Å². The fourth-order valence-electron chi connectivity index (χ4n) is 1.34. The van der Waals surface area contributed by atoms with Gasteiger partial charge in [0, 0.05) is 13.3 Å². The van der Waals surface area contributed by atoms with Crippen molar-refractivity contribution in [3.8, 4) is 0 Å². The van der Waals surface area contributed by atoms with Crippen LogP contribution in [0.15, 0.2) is 24.3 Å². The molecule has 0 saturated carbocycles. The van der Waals surface area contributed by atoms with Crippen LogP contribution in [0.3, 0.4) is 0 Å². The molecule has 22 heavy (non-hydrogen) atoms. The van der Waals surface area contributed by atoms with Crippen LogP contribution < -0.4 is 5.23 Å². The van der Waals surface area contributed by atoms with E-state index >= 15 is 0 Å².